The van der Waals surface area contributed by atoms with E-state index in [9.17, 15) is 5.26 Å². The van der Waals surface area contributed by atoms with E-state index in [1.165, 1.54) is 5.56 Å². The van der Waals surface area contributed by atoms with Gasteiger partial charge in [0.15, 0.2) is 5.82 Å². The predicted octanol–water partition coefficient (Wildman–Crippen LogP) is 2.05. The molecule has 0 unspecified atom stereocenters. The Hall–Kier alpha value is -3.47. The molecule has 0 atom stereocenters. The minimum atomic E-state index is 0.693. The third kappa shape index (κ3) is 3.29. The highest BCUT2D eigenvalue weighted by atomic mass is 15.3. The lowest BCUT2D eigenvalue weighted by molar-refractivity contribution is 0.637. The number of fused-ring (bicyclic) bond motifs is 1. The Bertz CT molecular complexity index is 1070. The zero-order valence-electron chi connectivity index (χ0n) is 16.4. The maximum atomic E-state index is 9.61. The van der Waals surface area contributed by atoms with Crippen LogP contribution in [0.15, 0.2) is 30.6 Å². The number of nitriles is 1. The molecule has 1 aliphatic carbocycles. The summed E-state index contributed by atoms with van der Waals surface area (Å²) < 4.78 is 1.75. The van der Waals surface area contributed by atoms with Crippen LogP contribution in [0, 0.1) is 18.3 Å². The number of aromatic nitrogens is 5. The minimum Gasteiger partial charge on any atom is -0.353 e. The molecule has 0 bridgehead atoms. The lowest BCUT2D eigenvalue weighted by atomic mass is 10.1. The molecule has 0 spiro atoms. The Morgan fingerprint density at radius 1 is 0.966 bits per heavy atom. The van der Waals surface area contributed by atoms with Gasteiger partial charge in [-0.1, -0.05) is 0 Å². The third-order valence-electron chi connectivity index (χ3n) is 5.60. The normalized spacial score (nSPS) is 16.0. The van der Waals surface area contributed by atoms with Gasteiger partial charge in [-0.2, -0.15) is 10.4 Å². The molecule has 5 rings (SSSR count). The summed E-state index contributed by atoms with van der Waals surface area (Å²) in [6.07, 6.45) is 6.82. The molecule has 0 saturated carbocycles. The molecule has 0 radical (unpaired) electrons. The summed E-state index contributed by atoms with van der Waals surface area (Å²) in [5, 5.41) is 13.9. The summed E-state index contributed by atoms with van der Waals surface area (Å²) >= 11 is 0. The first kappa shape index (κ1) is 17.6. The molecule has 4 heterocycles. The van der Waals surface area contributed by atoms with Crippen LogP contribution < -0.4 is 9.80 Å². The van der Waals surface area contributed by atoms with Crippen molar-refractivity contribution < 1.29 is 0 Å². The van der Waals surface area contributed by atoms with Gasteiger partial charge in [-0.05, 0) is 43.9 Å². The molecule has 3 aromatic heterocycles. The molecule has 3 aromatic rings. The Labute approximate surface area is 169 Å². The Kier molecular flexibility index (Phi) is 4.35. The van der Waals surface area contributed by atoms with Gasteiger partial charge in [-0.15, -0.1) is 0 Å². The lowest BCUT2D eigenvalue weighted by Crippen LogP contribution is -2.47. The SMILES string of the molecule is Cc1nc(N2CCN(c3nc4c(cc3C#N)CCC4)CC2)cc(-n2cccn2)n1. The van der Waals surface area contributed by atoms with Crippen molar-refractivity contribution in [2.24, 2.45) is 0 Å². The van der Waals surface area contributed by atoms with Crippen LogP contribution in [0.25, 0.3) is 5.82 Å². The number of hydrogen-bond donors (Lipinski definition) is 0. The summed E-state index contributed by atoms with van der Waals surface area (Å²) in [6.45, 7) is 5.15. The van der Waals surface area contributed by atoms with Gasteiger partial charge in [0.2, 0.25) is 0 Å². The molecule has 1 fully saturated rings. The number of piperazine rings is 1. The number of anilines is 2. The first-order valence-corrected chi connectivity index (χ1v) is 10.00. The maximum Gasteiger partial charge on any atom is 0.159 e. The largest absolute Gasteiger partial charge is 0.353 e. The molecule has 8 nitrogen and oxygen atoms in total. The highest BCUT2D eigenvalue weighted by Crippen LogP contribution is 2.28. The number of rotatable bonds is 3. The summed E-state index contributed by atoms with van der Waals surface area (Å²) in [4.78, 5) is 18.5. The number of pyridine rings is 1. The Balaban J connectivity index is 1.36. The van der Waals surface area contributed by atoms with E-state index in [-0.39, 0.29) is 0 Å². The van der Waals surface area contributed by atoms with E-state index in [2.05, 4.69) is 30.9 Å². The zero-order chi connectivity index (χ0) is 19.8. The quantitative estimate of drug-likeness (QED) is 0.681. The van der Waals surface area contributed by atoms with Gasteiger partial charge in [0, 0.05) is 50.3 Å². The van der Waals surface area contributed by atoms with Gasteiger partial charge >= 0.3 is 0 Å². The molecule has 0 amide bonds. The van der Waals surface area contributed by atoms with E-state index in [0.29, 0.717) is 5.56 Å². The first-order chi connectivity index (χ1) is 14.2. The fourth-order valence-corrected chi connectivity index (χ4v) is 4.15. The van der Waals surface area contributed by atoms with Crippen LogP contribution in [0.4, 0.5) is 11.6 Å². The standard InChI is InChI=1S/C21H22N8/c1-15-24-19(13-20(25-15)29-7-3-6-23-29)27-8-10-28(11-9-27)21-17(14-22)12-16-4-2-5-18(16)26-21/h3,6-7,12-13H,2,4-5,8-11H2,1H3. The van der Waals surface area contributed by atoms with Gasteiger partial charge in [0.1, 0.15) is 23.5 Å². The number of nitrogens with zero attached hydrogens (tertiary/aromatic N) is 8. The fraction of sp³-hybridized carbons (Fsp3) is 0.381. The van der Waals surface area contributed by atoms with Gasteiger partial charge in [0.05, 0.1) is 5.56 Å². The van der Waals surface area contributed by atoms with E-state index in [1.807, 2.05) is 31.3 Å². The monoisotopic (exact) mass is 386 g/mol. The van der Waals surface area contributed by atoms with Crippen LogP contribution in [-0.4, -0.2) is 50.9 Å². The smallest absolute Gasteiger partial charge is 0.159 e. The second kappa shape index (κ2) is 7.17. The van der Waals surface area contributed by atoms with E-state index in [0.717, 1.165) is 74.4 Å². The molecular weight excluding hydrogens is 364 g/mol. The average molecular weight is 386 g/mol. The summed E-state index contributed by atoms with van der Waals surface area (Å²) in [5.74, 6) is 3.24. The Morgan fingerprint density at radius 2 is 1.76 bits per heavy atom. The number of aryl methyl sites for hydroxylation is 3. The highest BCUT2D eigenvalue weighted by Gasteiger charge is 2.24. The topological polar surface area (TPSA) is 86.8 Å². The maximum absolute atomic E-state index is 9.61. The lowest BCUT2D eigenvalue weighted by Gasteiger charge is -2.36. The third-order valence-corrected chi connectivity index (χ3v) is 5.60. The van der Waals surface area contributed by atoms with Crippen LogP contribution in [0.1, 0.15) is 29.1 Å². The van der Waals surface area contributed by atoms with Crippen molar-refractivity contribution in [1.29, 1.82) is 5.26 Å². The summed E-state index contributed by atoms with van der Waals surface area (Å²) in [7, 11) is 0. The zero-order valence-corrected chi connectivity index (χ0v) is 16.4. The molecule has 8 heteroatoms. The number of hydrogen-bond acceptors (Lipinski definition) is 7. The average Bonchev–Trinajstić information content (AvgIpc) is 3.44. The van der Waals surface area contributed by atoms with Gasteiger partial charge < -0.3 is 9.80 Å². The van der Waals surface area contributed by atoms with Crippen LogP contribution in [0.2, 0.25) is 0 Å². The summed E-state index contributed by atoms with van der Waals surface area (Å²) in [6, 6.07) is 8.25. The van der Waals surface area contributed by atoms with Crippen LogP contribution in [0.5, 0.6) is 0 Å². The second-order valence-electron chi connectivity index (χ2n) is 7.49. The highest BCUT2D eigenvalue weighted by molar-refractivity contribution is 5.58. The molecule has 29 heavy (non-hydrogen) atoms. The molecular formula is C21H22N8. The minimum absolute atomic E-state index is 0.693. The molecule has 2 aliphatic rings. The molecule has 146 valence electrons. The van der Waals surface area contributed by atoms with Crippen molar-refractivity contribution in [3.05, 3.63) is 53.2 Å². The molecule has 1 aliphatic heterocycles. The van der Waals surface area contributed by atoms with Crippen molar-refractivity contribution in [1.82, 2.24) is 24.7 Å². The first-order valence-electron chi connectivity index (χ1n) is 10.00. The van der Waals surface area contributed by atoms with Crippen molar-refractivity contribution in [3.8, 4) is 11.9 Å². The second-order valence-corrected chi connectivity index (χ2v) is 7.49. The van der Waals surface area contributed by atoms with Gasteiger partial charge in [0.25, 0.3) is 0 Å². The van der Waals surface area contributed by atoms with Crippen molar-refractivity contribution in [2.75, 3.05) is 36.0 Å². The van der Waals surface area contributed by atoms with Crippen LogP contribution in [-0.2, 0) is 12.8 Å². The van der Waals surface area contributed by atoms with E-state index in [1.54, 1.807) is 10.9 Å². The van der Waals surface area contributed by atoms with Crippen molar-refractivity contribution in [3.63, 3.8) is 0 Å². The van der Waals surface area contributed by atoms with E-state index in [4.69, 9.17) is 4.98 Å². The van der Waals surface area contributed by atoms with Gasteiger partial charge in [-0.25, -0.2) is 19.6 Å². The molecule has 1 saturated heterocycles. The van der Waals surface area contributed by atoms with Crippen molar-refractivity contribution in [2.45, 2.75) is 26.2 Å². The summed E-state index contributed by atoms with van der Waals surface area (Å²) in [5.41, 5.74) is 3.10. The van der Waals surface area contributed by atoms with Crippen LogP contribution >= 0.6 is 0 Å². The molecule has 0 N–H and O–H groups in total. The fourth-order valence-electron chi connectivity index (χ4n) is 4.15. The Morgan fingerprint density at radius 3 is 2.52 bits per heavy atom. The molecule has 0 aromatic carbocycles. The van der Waals surface area contributed by atoms with E-state index >= 15 is 0 Å². The predicted molar refractivity (Wildman–Crippen MR) is 109 cm³/mol. The van der Waals surface area contributed by atoms with Crippen molar-refractivity contribution >= 4 is 11.6 Å². The van der Waals surface area contributed by atoms with E-state index < -0.39 is 0 Å². The van der Waals surface area contributed by atoms with Crippen LogP contribution in [0.3, 0.4) is 0 Å². The van der Waals surface area contributed by atoms with Gasteiger partial charge in [-0.3, -0.25) is 0 Å².